The minimum atomic E-state index is -0.452. The Bertz CT molecular complexity index is 809. The lowest BCUT2D eigenvalue weighted by Crippen LogP contribution is -2.16. The van der Waals surface area contributed by atoms with Gasteiger partial charge in [0.05, 0.1) is 18.4 Å². The summed E-state index contributed by atoms with van der Waals surface area (Å²) in [5.74, 6) is 1.05. The van der Waals surface area contributed by atoms with Crippen molar-refractivity contribution in [2.75, 3.05) is 18.2 Å². The van der Waals surface area contributed by atoms with Crippen LogP contribution in [0.25, 0.3) is 0 Å². The van der Waals surface area contributed by atoms with Crippen molar-refractivity contribution in [1.29, 1.82) is 0 Å². The van der Waals surface area contributed by atoms with Gasteiger partial charge in [-0.3, -0.25) is 4.79 Å². The van der Waals surface area contributed by atoms with Crippen LogP contribution in [0, 0.1) is 6.92 Å². The van der Waals surface area contributed by atoms with Gasteiger partial charge in [0.2, 0.25) is 5.91 Å². The minimum absolute atomic E-state index is 0.188. The van der Waals surface area contributed by atoms with Gasteiger partial charge in [-0.05, 0) is 25.8 Å². The van der Waals surface area contributed by atoms with E-state index in [1.165, 1.54) is 43.1 Å². The first kappa shape index (κ1) is 18.9. The number of hydrogen-bond donors (Lipinski definition) is 1. The van der Waals surface area contributed by atoms with Crippen LogP contribution in [0.15, 0.2) is 11.2 Å². The van der Waals surface area contributed by atoms with E-state index in [0.717, 1.165) is 28.7 Å². The maximum atomic E-state index is 12.3. The second-order valence-electron chi connectivity index (χ2n) is 6.31. The molecule has 7 nitrogen and oxygen atoms in total. The van der Waals surface area contributed by atoms with E-state index >= 15 is 0 Å². The molecule has 0 bridgehead atoms. The van der Waals surface area contributed by atoms with Crippen LogP contribution >= 0.6 is 23.1 Å². The van der Waals surface area contributed by atoms with Crippen molar-refractivity contribution in [1.82, 2.24) is 14.8 Å². The fraction of sp³-hybridized carbons (Fsp3) is 0.529. The van der Waals surface area contributed by atoms with E-state index in [-0.39, 0.29) is 11.7 Å². The Kier molecular flexibility index (Phi) is 5.98. The van der Waals surface area contributed by atoms with E-state index in [2.05, 4.69) is 15.5 Å². The Labute approximate surface area is 160 Å². The lowest BCUT2D eigenvalue weighted by molar-refractivity contribution is -0.113. The van der Waals surface area contributed by atoms with Gasteiger partial charge in [-0.15, -0.1) is 21.5 Å². The number of anilines is 1. The standard InChI is InChI=1S/C17H22N4O3S2/c1-10-8-12(16(23)24-3)15(26-10)18-13(22)9-25-17-20-19-14(21(17)2)11-6-4-5-7-11/h8,11H,4-7,9H2,1-3H3,(H,18,22). The summed E-state index contributed by atoms with van der Waals surface area (Å²) in [6, 6.07) is 1.72. The molecule has 140 valence electrons. The molecule has 0 radical (unpaired) electrons. The summed E-state index contributed by atoms with van der Waals surface area (Å²) >= 11 is 2.70. The maximum absolute atomic E-state index is 12.3. The van der Waals surface area contributed by atoms with Crippen molar-refractivity contribution in [2.45, 2.75) is 43.7 Å². The summed E-state index contributed by atoms with van der Waals surface area (Å²) in [6.45, 7) is 1.88. The number of nitrogens with one attached hydrogen (secondary N) is 1. The molecule has 1 aliphatic rings. The van der Waals surface area contributed by atoms with Crippen LogP contribution in [-0.4, -0.2) is 39.5 Å². The Morgan fingerprint density at radius 1 is 1.38 bits per heavy atom. The van der Waals surface area contributed by atoms with Gasteiger partial charge in [-0.1, -0.05) is 24.6 Å². The van der Waals surface area contributed by atoms with Crippen molar-refractivity contribution in [3.05, 3.63) is 22.3 Å². The Hall–Kier alpha value is -1.87. The van der Waals surface area contributed by atoms with Crippen molar-refractivity contribution in [2.24, 2.45) is 7.05 Å². The van der Waals surface area contributed by atoms with Crippen LogP contribution in [0.3, 0.4) is 0 Å². The summed E-state index contributed by atoms with van der Waals surface area (Å²) in [6.07, 6.45) is 4.80. The molecule has 3 rings (SSSR count). The third-order valence-electron chi connectivity index (χ3n) is 4.43. The van der Waals surface area contributed by atoms with E-state index in [1.54, 1.807) is 6.07 Å². The molecule has 1 N–H and O–H groups in total. The average molecular weight is 395 g/mol. The fourth-order valence-corrected chi connectivity index (χ4v) is 4.79. The highest BCUT2D eigenvalue weighted by Gasteiger charge is 2.23. The van der Waals surface area contributed by atoms with Gasteiger partial charge in [-0.2, -0.15) is 0 Å². The van der Waals surface area contributed by atoms with Gasteiger partial charge in [0.25, 0.3) is 0 Å². The average Bonchev–Trinajstić information content (AvgIpc) is 3.33. The highest BCUT2D eigenvalue weighted by molar-refractivity contribution is 7.99. The van der Waals surface area contributed by atoms with Crippen molar-refractivity contribution in [3.8, 4) is 0 Å². The topological polar surface area (TPSA) is 86.1 Å². The van der Waals surface area contributed by atoms with Gasteiger partial charge < -0.3 is 14.6 Å². The van der Waals surface area contributed by atoms with Crippen molar-refractivity contribution >= 4 is 40.0 Å². The minimum Gasteiger partial charge on any atom is -0.465 e. The number of thiophene rings is 1. The molecule has 2 heterocycles. The van der Waals surface area contributed by atoms with Gasteiger partial charge in [0, 0.05) is 17.8 Å². The number of carbonyl (C=O) groups is 2. The molecule has 1 saturated carbocycles. The fourth-order valence-electron chi connectivity index (χ4n) is 3.15. The van der Waals surface area contributed by atoms with E-state index in [1.807, 2.05) is 18.5 Å². The number of thioether (sulfide) groups is 1. The maximum Gasteiger partial charge on any atom is 0.340 e. The van der Waals surface area contributed by atoms with Gasteiger partial charge >= 0.3 is 5.97 Å². The van der Waals surface area contributed by atoms with Crippen LogP contribution < -0.4 is 5.32 Å². The number of nitrogens with zero attached hydrogens (tertiary/aromatic N) is 3. The highest BCUT2D eigenvalue weighted by Crippen LogP contribution is 2.34. The lowest BCUT2D eigenvalue weighted by Gasteiger charge is -2.09. The zero-order valence-corrected chi connectivity index (χ0v) is 16.7. The number of carbonyl (C=O) groups excluding carboxylic acids is 2. The first-order chi connectivity index (χ1) is 12.5. The zero-order chi connectivity index (χ0) is 18.7. The molecular weight excluding hydrogens is 372 g/mol. The van der Waals surface area contributed by atoms with E-state index in [9.17, 15) is 9.59 Å². The summed E-state index contributed by atoms with van der Waals surface area (Å²) in [4.78, 5) is 25.0. The van der Waals surface area contributed by atoms with Crippen molar-refractivity contribution < 1.29 is 14.3 Å². The number of esters is 1. The molecule has 0 unspecified atom stereocenters. The van der Waals surface area contributed by atoms with E-state index in [4.69, 9.17) is 4.74 Å². The second-order valence-corrected chi connectivity index (χ2v) is 8.51. The number of rotatable bonds is 6. The molecule has 0 atom stereocenters. The molecule has 0 spiro atoms. The van der Waals surface area contributed by atoms with Crippen LogP contribution in [-0.2, 0) is 16.6 Å². The molecule has 0 aliphatic heterocycles. The summed E-state index contributed by atoms with van der Waals surface area (Å²) in [5, 5.41) is 12.6. The number of amides is 1. The Balaban J connectivity index is 1.61. The number of aryl methyl sites for hydroxylation is 1. The smallest absolute Gasteiger partial charge is 0.340 e. The predicted molar refractivity (Wildman–Crippen MR) is 102 cm³/mol. The second kappa shape index (κ2) is 8.22. The van der Waals surface area contributed by atoms with Crippen LogP contribution in [0.1, 0.15) is 52.7 Å². The highest BCUT2D eigenvalue weighted by atomic mass is 32.2. The first-order valence-corrected chi connectivity index (χ1v) is 10.3. The molecule has 1 fully saturated rings. The molecule has 0 aromatic carbocycles. The van der Waals surface area contributed by atoms with Gasteiger partial charge in [0.15, 0.2) is 5.16 Å². The number of methoxy groups -OCH3 is 1. The lowest BCUT2D eigenvalue weighted by atomic mass is 10.1. The number of hydrogen-bond acceptors (Lipinski definition) is 7. The molecule has 1 amide bonds. The Morgan fingerprint density at radius 2 is 2.12 bits per heavy atom. The third kappa shape index (κ3) is 4.09. The molecule has 2 aromatic heterocycles. The quantitative estimate of drug-likeness (QED) is 0.597. The summed E-state index contributed by atoms with van der Waals surface area (Å²) < 4.78 is 6.75. The van der Waals surface area contributed by atoms with Crippen LogP contribution in [0.4, 0.5) is 5.00 Å². The number of ether oxygens (including phenoxy) is 1. The van der Waals surface area contributed by atoms with Gasteiger partial charge in [-0.25, -0.2) is 4.79 Å². The molecule has 26 heavy (non-hydrogen) atoms. The normalized spacial score (nSPS) is 14.6. The van der Waals surface area contributed by atoms with Crippen LogP contribution in [0.5, 0.6) is 0 Å². The zero-order valence-electron chi connectivity index (χ0n) is 15.1. The van der Waals surface area contributed by atoms with E-state index < -0.39 is 5.97 Å². The number of aromatic nitrogens is 3. The molecule has 9 heteroatoms. The first-order valence-electron chi connectivity index (χ1n) is 8.50. The van der Waals surface area contributed by atoms with Gasteiger partial charge in [0.1, 0.15) is 10.8 Å². The SMILES string of the molecule is COC(=O)c1cc(C)sc1NC(=O)CSc1nnc(C2CCCC2)n1C. The van der Waals surface area contributed by atoms with Crippen molar-refractivity contribution in [3.63, 3.8) is 0 Å². The molecule has 2 aromatic rings. The summed E-state index contributed by atoms with van der Waals surface area (Å²) in [5.41, 5.74) is 0.385. The molecule has 1 aliphatic carbocycles. The van der Waals surface area contributed by atoms with Crippen LogP contribution in [0.2, 0.25) is 0 Å². The summed E-state index contributed by atoms with van der Waals surface area (Å²) in [7, 11) is 3.28. The molecular formula is C17H22N4O3S2. The monoisotopic (exact) mass is 394 g/mol. The predicted octanol–water partition coefficient (Wildman–Crippen LogP) is 3.36. The van der Waals surface area contributed by atoms with E-state index in [0.29, 0.717) is 16.5 Å². The third-order valence-corrected chi connectivity index (χ3v) is 6.42. The molecule has 0 saturated heterocycles. The Morgan fingerprint density at radius 3 is 2.81 bits per heavy atom. The largest absolute Gasteiger partial charge is 0.465 e.